The van der Waals surface area contributed by atoms with E-state index >= 15 is 0 Å². The van der Waals surface area contributed by atoms with Gasteiger partial charge in [-0.3, -0.25) is 4.79 Å². The molecule has 0 saturated carbocycles. The van der Waals surface area contributed by atoms with E-state index in [4.69, 9.17) is 4.74 Å². The summed E-state index contributed by atoms with van der Waals surface area (Å²) in [7, 11) is 1.65. The van der Waals surface area contributed by atoms with Gasteiger partial charge < -0.3 is 10.1 Å². The molecule has 6 heteroatoms. The van der Waals surface area contributed by atoms with Crippen LogP contribution in [-0.2, 0) is 4.79 Å². The zero-order valence-corrected chi connectivity index (χ0v) is 17.9. The number of hydrogen-bond donors (Lipinski definition) is 1. The van der Waals surface area contributed by atoms with Crippen molar-refractivity contribution in [3.05, 3.63) is 83.3 Å². The van der Waals surface area contributed by atoms with Crippen molar-refractivity contribution in [3.8, 4) is 5.75 Å². The molecule has 2 aliphatic rings. The van der Waals surface area contributed by atoms with Crippen LogP contribution < -0.4 is 10.1 Å². The van der Waals surface area contributed by atoms with E-state index in [1.165, 1.54) is 17.5 Å². The Bertz CT molecular complexity index is 1130. The molecule has 158 valence electrons. The van der Waals surface area contributed by atoms with Gasteiger partial charge in [-0.25, -0.2) is 4.68 Å². The molecule has 3 aromatic rings. The summed E-state index contributed by atoms with van der Waals surface area (Å²) in [5.74, 6) is 1.89. The first kappa shape index (κ1) is 19.5. The first-order chi connectivity index (χ1) is 15.0. The van der Waals surface area contributed by atoms with Crippen LogP contribution >= 0.6 is 0 Å². The number of nitrogens with zero attached hydrogens (tertiary/aromatic N) is 3. The molecule has 3 atom stereocenters. The van der Waals surface area contributed by atoms with E-state index in [0.717, 1.165) is 17.0 Å². The number of anilines is 1. The molecule has 0 spiro atoms. The van der Waals surface area contributed by atoms with Gasteiger partial charge in [0.2, 0.25) is 5.95 Å². The first-order valence-electron chi connectivity index (χ1n) is 10.7. The van der Waals surface area contributed by atoms with Gasteiger partial charge in [0.15, 0.2) is 0 Å². The lowest BCUT2D eigenvalue weighted by atomic mass is 9.75. The normalized spacial score (nSPS) is 22.4. The molecule has 1 aromatic heterocycles. The zero-order chi connectivity index (χ0) is 21.5. The van der Waals surface area contributed by atoms with Gasteiger partial charge in [-0.15, -0.1) is 0 Å². The number of nitrogens with one attached hydrogen (secondary N) is 1. The minimum absolute atomic E-state index is 0.0541. The molecule has 0 bridgehead atoms. The average Bonchev–Trinajstić information content (AvgIpc) is 3.26. The van der Waals surface area contributed by atoms with Gasteiger partial charge in [0.05, 0.1) is 19.1 Å². The number of carbonyl (C=O) groups excluding carboxylic acids is 1. The van der Waals surface area contributed by atoms with E-state index in [9.17, 15) is 4.79 Å². The van der Waals surface area contributed by atoms with Gasteiger partial charge in [-0.05, 0) is 34.7 Å². The summed E-state index contributed by atoms with van der Waals surface area (Å²) in [6, 6.07) is 16.2. The van der Waals surface area contributed by atoms with E-state index in [0.29, 0.717) is 18.3 Å². The Morgan fingerprint density at radius 3 is 2.45 bits per heavy atom. The quantitative estimate of drug-likeness (QED) is 0.671. The van der Waals surface area contributed by atoms with Crippen molar-refractivity contribution in [1.82, 2.24) is 14.8 Å². The Labute approximate surface area is 182 Å². The number of rotatable bonds is 4. The molecule has 0 unspecified atom stereocenters. The van der Waals surface area contributed by atoms with Crippen molar-refractivity contribution in [1.29, 1.82) is 0 Å². The molecule has 5 rings (SSSR count). The van der Waals surface area contributed by atoms with Gasteiger partial charge in [0.1, 0.15) is 17.9 Å². The fourth-order valence-electron chi connectivity index (χ4n) is 4.65. The lowest BCUT2D eigenvalue weighted by Gasteiger charge is -2.38. The number of ketones is 1. The molecular formula is C25H26N4O2. The summed E-state index contributed by atoms with van der Waals surface area (Å²) in [4.78, 5) is 17.8. The third-order valence-electron chi connectivity index (χ3n) is 6.38. The van der Waals surface area contributed by atoms with Crippen LogP contribution in [0.2, 0.25) is 0 Å². The maximum absolute atomic E-state index is 13.5. The summed E-state index contributed by atoms with van der Waals surface area (Å²) >= 11 is 0. The van der Waals surface area contributed by atoms with E-state index in [-0.39, 0.29) is 23.7 Å². The summed E-state index contributed by atoms with van der Waals surface area (Å²) in [6.07, 6.45) is 4.21. The smallest absolute Gasteiger partial charge is 0.226 e. The molecule has 0 fully saturated rings. The van der Waals surface area contributed by atoms with Crippen molar-refractivity contribution in [2.45, 2.75) is 38.1 Å². The highest BCUT2D eigenvalue weighted by molar-refractivity contribution is 5.88. The van der Waals surface area contributed by atoms with Crippen molar-refractivity contribution in [2.24, 2.45) is 5.92 Å². The van der Waals surface area contributed by atoms with E-state index in [1.807, 2.05) is 28.9 Å². The monoisotopic (exact) mass is 414 g/mol. The molecule has 1 aliphatic carbocycles. The highest BCUT2D eigenvalue weighted by Gasteiger charge is 2.43. The molecule has 31 heavy (non-hydrogen) atoms. The summed E-state index contributed by atoms with van der Waals surface area (Å²) in [6.45, 7) is 4.38. The maximum atomic E-state index is 13.5. The average molecular weight is 415 g/mol. The van der Waals surface area contributed by atoms with Gasteiger partial charge >= 0.3 is 0 Å². The molecule has 2 aromatic carbocycles. The molecule has 2 heterocycles. The molecule has 0 amide bonds. The number of benzene rings is 2. The van der Waals surface area contributed by atoms with Gasteiger partial charge in [-0.1, -0.05) is 56.3 Å². The second-order valence-corrected chi connectivity index (χ2v) is 8.57. The van der Waals surface area contributed by atoms with Crippen molar-refractivity contribution >= 4 is 11.7 Å². The largest absolute Gasteiger partial charge is 0.497 e. The van der Waals surface area contributed by atoms with Crippen molar-refractivity contribution < 1.29 is 9.53 Å². The van der Waals surface area contributed by atoms with Crippen molar-refractivity contribution in [2.75, 3.05) is 12.4 Å². The number of fused-ring (bicyclic) bond motifs is 2. The Balaban J connectivity index is 1.54. The number of aromatic nitrogens is 3. The number of methoxy groups -OCH3 is 1. The van der Waals surface area contributed by atoms with Gasteiger partial charge in [0, 0.05) is 18.0 Å². The molecule has 0 radical (unpaired) electrons. The number of hydrogen-bond acceptors (Lipinski definition) is 5. The van der Waals surface area contributed by atoms with E-state index in [2.05, 4.69) is 59.6 Å². The standard InChI is InChI=1S/C25H26N4O2/c1-15(2)16-4-6-17(7-5-16)19-12-21-23(22(30)13-19)24(29-25(28-21)26-14-27-29)18-8-10-20(31-3)11-9-18/h4-12,14-15,19,23-24H,13H2,1-3H3,(H,26,27,28)/t19-,23-,24-/m0/s1. The second-order valence-electron chi connectivity index (χ2n) is 8.57. The van der Waals surface area contributed by atoms with E-state index in [1.54, 1.807) is 7.11 Å². The first-order valence-corrected chi connectivity index (χ1v) is 10.7. The molecule has 1 N–H and O–H groups in total. The third-order valence-corrected chi connectivity index (χ3v) is 6.38. The number of Topliss-reactive ketones (excluding diaryl/α,β-unsaturated/α-hetero) is 1. The maximum Gasteiger partial charge on any atom is 0.226 e. The SMILES string of the molecule is COc1ccc([C@H]2[C@@H]3C(=O)C[C@@H](c4ccc(C(C)C)cc4)C=C3Nc3ncnn32)cc1. The highest BCUT2D eigenvalue weighted by Crippen LogP contribution is 2.44. The van der Waals surface area contributed by atoms with E-state index < -0.39 is 0 Å². The Morgan fingerprint density at radius 2 is 1.77 bits per heavy atom. The van der Waals surface area contributed by atoms with Crippen LogP contribution in [0.5, 0.6) is 5.75 Å². The Hall–Kier alpha value is -3.41. The molecule has 6 nitrogen and oxygen atoms in total. The fraction of sp³-hybridized carbons (Fsp3) is 0.320. The Morgan fingerprint density at radius 1 is 1.06 bits per heavy atom. The summed E-state index contributed by atoms with van der Waals surface area (Å²) < 4.78 is 7.12. The minimum Gasteiger partial charge on any atom is -0.497 e. The summed E-state index contributed by atoms with van der Waals surface area (Å²) in [5, 5.41) is 7.78. The lowest BCUT2D eigenvalue weighted by Crippen LogP contribution is -2.40. The predicted molar refractivity (Wildman–Crippen MR) is 119 cm³/mol. The van der Waals surface area contributed by atoms with Crippen LogP contribution in [0.25, 0.3) is 0 Å². The van der Waals surface area contributed by atoms with Crippen LogP contribution in [0.3, 0.4) is 0 Å². The van der Waals surface area contributed by atoms with Gasteiger partial charge in [0.25, 0.3) is 0 Å². The molecule has 1 aliphatic heterocycles. The van der Waals surface area contributed by atoms with Crippen LogP contribution in [0.15, 0.2) is 66.6 Å². The predicted octanol–water partition coefficient (Wildman–Crippen LogP) is 4.68. The van der Waals surface area contributed by atoms with Crippen molar-refractivity contribution in [3.63, 3.8) is 0 Å². The molecular weight excluding hydrogens is 388 g/mol. The lowest BCUT2D eigenvalue weighted by molar-refractivity contribution is -0.123. The van der Waals surface area contributed by atoms with Crippen LogP contribution in [0, 0.1) is 5.92 Å². The number of allylic oxidation sites excluding steroid dienone is 2. The Kier molecular flexibility index (Phi) is 4.85. The number of ether oxygens (including phenoxy) is 1. The minimum atomic E-state index is -0.311. The fourth-order valence-corrected chi connectivity index (χ4v) is 4.65. The molecule has 0 saturated heterocycles. The highest BCUT2D eigenvalue weighted by atomic mass is 16.5. The summed E-state index contributed by atoms with van der Waals surface area (Å²) in [5.41, 5.74) is 4.40. The van der Waals surface area contributed by atoms with Crippen LogP contribution in [0.4, 0.5) is 5.95 Å². The number of carbonyl (C=O) groups is 1. The topological polar surface area (TPSA) is 69.0 Å². The second kappa shape index (κ2) is 7.69. The third kappa shape index (κ3) is 3.42. The van der Waals surface area contributed by atoms with Gasteiger partial charge in [-0.2, -0.15) is 10.1 Å². The zero-order valence-electron chi connectivity index (χ0n) is 17.9. The van der Waals surface area contributed by atoms with Crippen LogP contribution in [-0.4, -0.2) is 27.7 Å². The van der Waals surface area contributed by atoms with Crippen LogP contribution in [0.1, 0.15) is 54.8 Å².